The molecule has 1 aliphatic rings. The Hall–Kier alpha value is -11.8. The maximum atomic E-state index is 15.1. The molecule has 0 saturated carbocycles. The van der Waals surface area contributed by atoms with Crippen LogP contribution in [0.1, 0.15) is 117 Å². The number of amides is 15. The van der Waals surface area contributed by atoms with Crippen LogP contribution in [0, 0.1) is 23.2 Å². The van der Waals surface area contributed by atoms with Crippen molar-refractivity contribution in [2.45, 2.75) is 192 Å². The van der Waals surface area contributed by atoms with E-state index < -0.39 is 217 Å². The smallest absolute Gasteiger partial charge is 0.305 e. The fraction of sp³-hybridized carbons (Fsp3) is 0.507. The van der Waals surface area contributed by atoms with Gasteiger partial charge in [0, 0.05) is 91.1 Å². The summed E-state index contributed by atoms with van der Waals surface area (Å²) >= 11 is 0. The lowest BCUT2D eigenvalue weighted by molar-refractivity contribution is -0.141. The average molecular weight is 1630 g/mol. The highest BCUT2D eigenvalue weighted by atomic mass is 33.1. The minimum Gasteiger partial charge on any atom is -0.481 e. The summed E-state index contributed by atoms with van der Waals surface area (Å²) in [6.07, 6.45) is 3.00. The second-order valence-corrected chi connectivity index (χ2v) is 30.7. The summed E-state index contributed by atoms with van der Waals surface area (Å²) in [6.45, 7) is 11.5. The second-order valence-electron chi connectivity index (χ2n) is 28.1. The van der Waals surface area contributed by atoms with Crippen LogP contribution in [0.4, 0.5) is 0 Å². The molecule has 0 unspecified atom stereocenters. The summed E-state index contributed by atoms with van der Waals surface area (Å²) in [5, 5.41) is 55.1. The van der Waals surface area contributed by atoms with Gasteiger partial charge in [-0.3, -0.25) is 82.1 Å². The van der Waals surface area contributed by atoms with Gasteiger partial charge >= 0.3 is 5.97 Å². The molecule has 114 heavy (non-hydrogen) atoms. The van der Waals surface area contributed by atoms with Gasteiger partial charge in [-0.2, -0.15) is 0 Å². The first-order chi connectivity index (χ1) is 54.1. The third-order valence-electron chi connectivity index (χ3n) is 18.9. The highest BCUT2D eigenvalue weighted by Crippen LogP contribution is 2.26. The van der Waals surface area contributed by atoms with Crippen LogP contribution in [0.5, 0.6) is 0 Å². The third kappa shape index (κ3) is 28.1. The fourth-order valence-electron chi connectivity index (χ4n) is 12.1. The van der Waals surface area contributed by atoms with E-state index in [1.54, 1.807) is 96.3 Å². The van der Waals surface area contributed by atoms with Gasteiger partial charge in [0.05, 0.1) is 25.0 Å². The lowest BCUT2D eigenvalue weighted by Gasteiger charge is -2.29. The lowest BCUT2D eigenvalue weighted by atomic mass is 9.97. The zero-order valence-corrected chi connectivity index (χ0v) is 66.1. The van der Waals surface area contributed by atoms with E-state index in [-0.39, 0.29) is 55.8 Å². The third-order valence-corrected chi connectivity index (χ3v) is 21.4. The lowest BCUT2D eigenvalue weighted by Crippen LogP contribution is -2.61. The largest absolute Gasteiger partial charge is 0.481 e. The molecule has 0 spiro atoms. The van der Waals surface area contributed by atoms with Gasteiger partial charge < -0.3 is 112 Å². The summed E-state index contributed by atoms with van der Waals surface area (Å²) in [5.74, 6) is -19.6. The molecule has 6 rings (SSSR count). The minimum atomic E-state index is -2.05. The van der Waals surface area contributed by atoms with Crippen molar-refractivity contribution in [1.82, 2.24) is 94.4 Å². The number of aromatic nitrogens is 4. The molecular formula is C73H104N22O17S2. The number of imidazole rings is 1. The molecule has 14 atom stereocenters. The predicted octanol–water partition coefficient (Wildman–Crippen LogP) is -2.99. The number of fused-ring (bicyclic) bond motifs is 2. The van der Waals surface area contributed by atoms with Crippen LogP contribution in [0.15, 0.2) is 73.4 Å². The van der Waals surface area contributed by atoms with Gasteiger partial charge in [-0.1, -0.05) is 112 Å². The van der Waals surface area contributed by atoms with E-state index in [1.807, 2.05) is 0 Å². The van der Waals surface area contributed by atoms with Crippen molar-refractivity contribution < 1.29 is 81.8 Å². The topological polar surface area (TPSA) is 624 Å². The highest BCUT2D eigenvalue weighted by molar-refractivity contribution is 8.76. The van der Waals surface area contributed by atoms with E-state index in [0.717, 1.165) is 21.6 Å². The number of carboxylic acids is 1. The number of H-pyrrole nitrogens is 3. The SMILES string of the molecule is CC[C@H](C)[C@H](NC(=O)[C@@H]1CSSC[C@H](NC(=O)[C@@H](NC(C)=O)[C@@H](C)CC)C(=O)N[C@@H](C(C)C)C(=O)N[C@H](Cc2c[nH]c3ccccc23)C(=O)N[C@@H](CCC(N)=O)C(=O)N[C@@H](CC(=O)O)C(=O)N[C@@H](Cc2c[nH]c3ccccc23)C(=O)NCC(=O)N[C@@H](C)C(=O)N[C@@H](Cc2c[nH]cn2)C(=O)N[C@@H](CCCNC(=N)N)C(=O)N1)C(N)=O. The van der Waals surface area contributed by atoms with Gasteiger partial charge in [0.2, 0.25) is 88.6 Å². The van der Waals surface area contributed by atoms with Crippen LogP contribution in [-0.2, 0) is 96.0 Å². The Labute approximate surface area is 664 Å². The summed E-state index contributed by atoms with van der Waals surface area (Å²) in [4.78, 5) is 240. The standard InChI is InChI=1S/C73H104N22O17S2/c1-9-36(5)59(61(75)101)95-70(110)53-32-113-114-33-54(93-72(112)60(37(6)10-2)85-39(8)96)69(109)94-58(35(3)4)71(111)91-50(25-41-29-81-46-19-14-12-17-44(41)46)66(106)87-48(21-22-55(74)97)65(105)90-52(27-57(99)100)68(108)89-49(24-40-28-80-45-18-13-11-16-43(40)45)63(103)82-31-56(98)84-38(7)62(102)88-51(26-42-30-78-34-83-42)67(107)86-47(64(104)92-53)20-15-23-79-73(76)77/h11-14,16-19,28-30,34-38,47-54,58-60,80-81H,9-10,15,20-27,31-33H2,1-8H3,(H2,74,97)(H2,75,101)(H,78,83)(H,82,103)(H,84,98)(H,85,96)(H,86,107)(H,87,106)(H,88,102)(H,89,108)(H,90,105)(H,91,111)(H,92,104)(H,93,112)(H,94,109)(H,95,110)(H,99,100)(H4,76,77,79)/t36-,37-,38-,47-,48-,49-,50+,51-,52-,53-,54-,58-,59-,60-/m0/s1. The number of rotatable bonds is 26. The van der Waals surface area contributed by atoms with Crippen molar-refractivity contribution in [3.63, 3.8) is 0 Å². The number of guanidine groups is 1. The Morgan fingerprint density at radius 2 is 1.11 bits per heavy atom. The number of primary amides is 2. The molecule has 3 aromatic heterocycles. The summed E-state index contributed by atoms with van der Waals surface area (Å²) < 4.78 is 0. The van der Waals surface area contributed by atoms with Gasteiger partial charge in [0.25, 0.3) is 0 Å². The first-order valence-corrected chi connectivity index (χ1v) is 39.6. The van der Waals surface area contributed by atoms with Crippen molar-refractivity contribution >= 4 is 144 Å². The van der Waals surface area contributed by atoms with E-state index >= 15 is 14.4 Å². The Balaban J connectivity index is 1.48. The molecular weight excluding hydrogens is 1520 g/mol. The zero-order chi connectivity index (χ0) is 84.0. The Bertz CT molecular complexity index is 4270. The number of aliphatic carboxylic acids is 1. The normalized spacial score (nSPS) is 22.6. The predicted molar refractivity (Wildman–Crippen MR) is 422 cm³/mol. The zero-order valence-electron chi connectivity index (χ0n) is 64.5. The van der Waals surface area contributed by atoms with Crippen LogP contribution < -0.4 is 91.6 Å². The number of carboxylic acid groups (broad SMARTS) is 1. The van der Waals surface area contributed by atoms with Crippen LogP contribution in [0.3, 0.4) is 0 Å². The molecule has 0 bridgehead atoms. The molecule has 0 radical (unpaired) electrons. The van der Waals surface area contributed by atoms with E-state index in [4.69, 9.17) is 22.6 Å². The van der Waals surface area contributed by atoms with Crippen LogP contribution in [0.25, 0.3) is 21.8 Å². The van der Waals surface area contributed by atoms with Gasteiger partial charge in [0.1, 0.15) is 72.5 Å². The number of hydrogen-bond donors (Lipinski definition) is 22. The number of carbonyl (C=O) groups is 16. The molecule has 25 N–H and O–H groups in total. The summed E-state index contributed by atoms with van der Waals surface area (Å²) in [6, 6.07) is -5.41. The number of nitrogens with two attached hydrogens (primary N) is 3. The second kappa shape index (κ2) is 44.5. The quantitative estimate of drug-likeness (QED) is 0.0114. The van der Waals surface area contributed by atoms with Crippen molar-refractivity contribution in [3.05, 3.63) is 90.3 Å². The highest BCUT2D eigenvalue weighted by Gasteiger charge is 2.39. The molecule has 5 aromatic rings. The first kappa shape index (κ1) is 91.1. The summed E-state index contributed by atoms with van der Waals surface area (Å²) in [5.41, 5.74) is 19.3. The van der Waals surface area contributed by atoms with E-state index in [2.05, 4.69) is 94.4 Å². The van der Waals surface area contributed by atoms with Crippen molar-refractivity contribution in [2.75, 3.05) is 24.6 Å². The van der Waals surface area contributed by atoms with Gasteiger partial charge in [-0.25, -0.2) is 4.98 Å². The average Bonchev–Trinajstić information content (AvgIpc) is 1.74. The van der Waals surface area contributed by atoms with Crippen molar-refractivity contribution in [2.24, 2.45) is 35.0 Å². The Morgan fingerprint density at radius 3 is 1.67 bits per heavy atom. The molecule has 620 valence electrons. The molecule has 0 aliphatic carbocycles. The number of para-hydroxylation sites is 2. The van der Waals surface area contributed by atoms with Gasteiger partial charge in [0.15, 0.2) is 5.96 Å². The Morgan fingerprint density at radius 1 is 0.596 bits per heavy atom. The molecule has 1 saturated heterocycles. The summed E-state index contributed by atoms with van der Waals surface area (Å²) in [7, 11) is 1.76. The molecule has 15 amide bonds. The molecule has 39 nitrogen and oxygen atoms in total. The monoisotopic (exact) mass is 1620 g/mol. The van der Waals surface area contributed by atoms with Gasteiger partial charge in [-0.05, 0) is 67.2 Å². The van der Waals surface area contributed by atoms with Crippen molar-refractivity contribution in [3.8, 4) is 0 Å². The minimum absolute atomic E-state index is 0.0145. The van der Waals surface area contributed by atoms with Crippen LogP contribution in [0.2, 0.25) is 0 Å². The van der Waals surface area contributed by atoms with Gasteiger partial charge in [-0.15, -0.1) is 0 Å². The maximum Gasteiger partial charge on any atom is 0.305 e. The number of nitrogens with one attached hydrogen (secondary N) is 18. The molecule has 4 heterocycles. The number of carbonyl (C=O) groups excluding carboxylic acids is 15. The molecule has 41 heteroatoms. The Kier molecular flexibility index (Phi) is 35.5. The van der Waals surface area contributed by atoms with Crippen LogP contribution in [-0.4, -0.2) is 223 Å². The number of aromatic amines is 3. The molecule has 2 aromatic carbocycles. The molecule has 1 aliphatic heterocycles. The van der Waals surface area contributed by atoms with Crippen molar-refractivity contribution in [1.29, 1.82) is 5.41 Å². The molecule has 1 fully saturated rings. The van der Waals surface area contributed by atoms with Crippen LogP contribution >= 0.6 is 21.6 Å². The van der Waals surface area contributed by atoms with E-state index in [0.29, 0.717) is 45.8 Å². The maximum absolute atomic E-state index is 15.1. The first-order valence-electron chi connectivity index (χ1n) is 37.1. The number of benzene rings is 2. The number of nitrogens with zero attached hydrogens (tertiary/aromatic N) is 1. The number of hydrogen-bond acceptors (Lipinski definition) is 20. The van der Waals surface area contributed by atoms with E-state index in [9.17, 15) is 67.4 Å². The van der Waals surface area contributed by atoms with E-state index in [1.165, 1.54) is 32.6 Å². The fourth-order valence-corrected chi connectivity index (χ4v) is 14.5.